The second kappa shape index (κ2) is 11.3. The number of aliphatic carboxylic acids is 2. The molecule has 11 nitrogen and oxygen atoms in total. The summed E-state index contributed by atoms with van der Waals surface area (Å²) in [6.45, 7) is 4.28. The van der Waals surface area contributed by atoms with E-state index in [9.17, 15) is 29.1 Å². The average molecular weight is 455 g/mol. The minimum absolute atomic E-state index is 0.130. The molecule has 5 N–H and O–H groups in total. The first-order valence-corrected chi connectivity index (χ1v) is 11.2. The summed E-state index contributed by atoms with van der Waals surface area (Å²) in [5.41, 5.74) is 5.96. The van der Waals surface area contributed by atoms with E-state index < -0.39 is 53.8 Å². The molecule has 3 amide bonds. The van der Waals surface area contributed by atoms with Crippen LogP contribution in [0.2, 0.25) is 0 Å². The van der Waals surface area contributed by atoms with Gasteiger partial charge in [-0.2, -0.15) is 0 Å². The third kappa shape index (κ3) is 5.96. The number of carbonyl (C=O) groups is 5. The number of nitrogens with zero attached hydrogens (tertiary/aromatic N) is 2. The lowest BCUT2D eigenvalue weighted by molar-refractivity contribution is -0.152. The van der Waals surface area contributed by atoms with Crippen LogP contribution < -0.4 is 11.1 Å². The molecule has 32 heavy (non-hydrogen) atoms. The van der Waals surface area contributed by atoms with Gasteiger partial charge in [-0.1, -0.05) is 20.3 Å². The van der Waals surface area contributed by atoms with Gasteiger partial charge in [0.2, 0.25) is 17.7 Å². The molecule has 180 valence electrons. The topological polar surface area (TPSA) is 170 Å². The highest BCUT2D eigenvalue weighted by Gasteiger charge is 2.43. The molecule has 0 aromatic rings. The van der Waals surface area contributed by atoms with E-state index in [2.05, 4.69) is 5.32 Å². The van der Waals surface area contributed by atoms with Gasteiger partial charge < -0.3 is 31.1 Å². The van der Waals surface area contributed by atoms with E-state index in [1.807, 2.05) is 13.8 Å². The molecule has 0 radical (unpaired) electrons. The number of amides is 3. The van der Waals surface area contributed by atoms with Crippen LogP contribution in [-0.2, 0) is 24.0 Å². The second-order valence-corrected chi connectivity index (χ2v) is 8.62. The van der Waals surface area contributed by atoms with E-state index in [-0.39, 0.29) is 25.3 Å². The maximum atomic E-state index is 13.3. The van der Waals surface area contributed by atoms with Crippen LogP contribution in [0.5, 0.6) is 0 Å². The van der Waals surface area contributed by atoms with Gasteiger partial charge in [0.1, 0.15) is 18.1 Å². The van der Waals surface area contributed by atoms with Crippen molar-refractivity contribution in [1.82, 2.24) is 15.1 Å². The lowest BCUT2D eigenvalue weighted by Crippen LogP contribution is -2.57. The van der Waals surface area contributed by atoms with Gasteiger partial charge in [-0.15, -0.1) is 0 Å². The van der Waals surface area contributed by atoms with E-state index in [1.165, 1.54) is 9.80 Å². The number of rotatable bonds is 10. The van der Waals surface area contributed by atoms with Crippen LogP contribution in [0.4, 0.5) is 0 Å². The van der Waals surface area contributed by atoms with Gasteiger partial charge in [-0.25, -0.2) is 4.79 Å². The highest BCUT2D eigenvalue weighted by molar-refractivity contribution is 5.95. The minimum atomic E-state index is -1.13. The Labute approximate surface area is 187 Å². The summed E-state index contributed by atoms with van der Waals surface area (Å²) in [7, 11) is 0. The van der Waals surface area contributed by atoms with E-state index in [0.29, 0.717) is 38.6 Å². The number of nitrogens with one attached hydrogen (secondary N) is 1. The lowest BCUT2D eigenvalue weighted by Gasteiger charge is -2.32. The molecule has 2 fully saturated rings. The summed E-state index contributed by atoms with van der Waals surface area (Å²) in [4.78, 5) is 64.2. The summed E-state index contributed by atoms with van der Waals surface area (Å²) in [6.07, 6.45) is 2.08. The van der Waals surface area contributed by atoms with Gasteiger partial charge in [0.15, 0.2) is 0 Å². The molecule has 2 aliphatic heterocycles. The molecule has 11 heteroatoms. The van der Waals surface area contributed by atoms with Gasteiger partial charge in [-0.3, -0.25) is 19.2 Å². The summed E-state index contributed by atoms with van der Waals surface area (Å²) < 4.78 is 0. The van der Waals surface area contributed by atoms with Gasteiger partial charge in [0.05, 0.1) is 6.04 Å². The first kappa shape index (κ1) is 25.6. The second-order valence-electron chi connectivity index (χ2n) is 8.62. The standard InChI is InChI=1S/C21H34N4O7/c1-3-12(2)17(22)18(28)23-13(8-9-16(26)27)19(29)24-10-4-6-14(24)20(30)25-11-5-7-15(25)21(31)32/h12-15,17H,3-11,22H2,1-2H3,(H,23,28)(H,26,27)(H,31,32). The highest BCUT2D eigenvalue weighted by atomic mass is 16.4. The van der Waals surface area contributed by atoms with Gasteiger partial charge in [-0.05, 0) is 38.0 Å². The van der Waals surface area contributed by atoms with Crippen LogP contribution in [-0.4, -0.2) is 86.9 Å². The zero-order valence-corrected chi connectivity index (χ0v) is 18.7. The molecule has 2 aliphatic rings. The minimum Gasteiger partial charge on any atom is -0.481 e. The molecule has 0 saturated carbocycles. The van der Waals surface area contributed by atoms with Gasteiger partial charge in [0, 0.05) is 19.5 Å². The molecule has 2 heterocycles. The zero-order valence-electron chi connectivity index (χ0n) is 18.7. The number of hydrogen-bond acceptors (Lipinski definition) is 6. The van der Waals surface area contributed by atoms with Crippen molar-refractivity contribution in [2.24, 2.45) is 11.7 Å². The van der Waals surface area contributed by atoms with Crippen molar-refractivity contribution in [3.05, 3.63) is 0 Å². The summed E-state index contributed by atoms with van der Waals surface area (Å²) in [6, 6.07) is -3.71. The molecular formula is C21H34N4O7. The van der Waals surface area contributed by atoms with E-state index in [1.54, 1.807) is 0 Å². The maximum absolute atomic E-state index is 13.3. The van der Waals surface area contributed by atoms with Crippen molar-refractivity contribution in [2.45, 2.75) is 83.0 Å². The Morgan fingerprint density at radius 1 is 1.03 bits per heavy atom. The number of carboxylic acids is 2. The smallest absolute Gasteiger partial charge is 0.326 e. The van der Waals surface area contributed by atoms with Crippen molar-refractivity contribution in [2.75, 3.05) is 13.1 Å². The third-order valence-corrected chi connectivity index (χ3v) is 6.46. The fourth-order valence-corrected chi connectivity index (χ4v) is 4.27. The summed E-state index contributed by atoms with van der Waals surface area (Å²) >= 11 is 0. The monoisotopic (exact) mass is 454 g/mol. The number of nitrogens with two attached hydrogens (primary N) is 1. The SMILES string of the molecule is CCC(C)C(N)C(=O)NC(CCC(=O)O)C(=O)N1CCCC1C(=O)N1CCCC1C(=O)O. The number of carboxylic acid groups (broad SMARTS) is 2. The van der Waals surface area contributed by atoms with Crippen LogP contribution in [0, 0.1) is 5.92 Å². The molecule has 0 spiro atoms. The fourth-order valence-electron chi connectivity index (χ4n) is 4.27. The van der Waals surface area contributed by atoms with Crippen molar-refractivity contribution in [3.63, 3.8) is 0 Å². The molecule has 5 unspecified atom stereocenters. The Balaban J connectivity index is 2.17. The number of carbonyl (C=O) groups excluding carboxylic acids is 3. The Hall–Kier alpha value is -2.69. The summed E-state index contributed by atoms with van der Waals surface area (Å²) in [5.74, 6) is -3.82. The largest absolute Gasteiger partial charge is 0.481 e. The first-order chi connectivity index (χ1) is 15.1. The van der Waals surface area contributed by atoms with E-state index in [0.717, 1.165) is 0 Å². The van der Waals surface area contributed by atoms with E-state index >= 15 is 0 Å². The van der Waals surface area contributed by atoms with Crippen molar-refractivity contribution in [1.29, 1.82) is 0 Å². The number of likely N-dealkylation sites (tertiary alicyclic amines) is 2. The number of hydrogen-bond donors (Lipinski definition) is 4. The first-order valence-electron chi connectivity index (χ1n) is 11.2. The van der Waals surface area contributed by atoms with Crippen molar-refractivity contribution in [3.8, 4) is 0 Å². The van der Waals surface area contributed by atoms with Crippen LogP contribution in [0.1, 0.15) is 58.8 Å². The molecule has 5 atom stereocenters. The highest BCUT2D eigenvalue weighted by Crippen LogP contribution is 2.26. The average Bonchev–Trinajstić information content (AvgIpc) is 3.44. The predicted molar refractivity (Wildman–Crippen MR) is 113 cm³/mol. The Bertz CT molecular complexity index is 744. The van der Waals surface area contributed by atoms with Crippen LogP contribution >= 0.6 is 0 Å². The lowest BCUT2D eigenvalue weighted by atomic mass is 9.98. The normalized spacial score (nSPS) is 23.5. The predicted octanol–water partition coefficient (Wildman–Crippen LogP) is -0.224. The molecule has 2 rings (SSSR count). The van der Waals surface area contributed by atoms with Crippen LogP contribution in [0.25, 0.3) is 0 Å². The van der Waals surface area contributed by atoms with E-state index in [4.69, 9.17) is 10.8 Å². The maximum Gasteiger partial charge on any atom is 0.326 e. The Morgan fingerprint density at radius 2 is 1.62 bits per heavy atom. The molecule has 0 aromatic heterocycles. The fraction of sp³-hybridized carbons (Fsp3) is 0.762. The zero-order chi connectivity index (χ0) is 24.0. The molecule has 0 bridgehead atoms. The quantitative estimate of drug-likeness (QED) is 0.351. The summed E-state index contributed by atoms with van der Waals surface area (Å²) in [5, 5.41) is 21.0. The van der Waals surface area contributed by atoms with Gasteiger partial charge in [0.25, 0.3) is 0 Å². The Morgan fingerprint density at radius 3 is 2.19 bits per heavy atom. The third-order valence-electron chi connectivity index (χ3n) is 6.46. The van der Waals surface area contributed by atoms with Crippen molar-refractivity contribution >= 4 is 29.7 Å². The van der Waals surface area contributed by atoms with Crippen LogP contribution in [0.3, 0.4) is 0 Å². The Kier molecular flexibility index (Phi) is 8.99. The molecular weight excluding hydrogens is 420 g/mol. The van der Waals surface area contributed by atoms with Crippen molar-refractivity contribution < 1.29 is 34.2 Å². The van der Waals surface area contributed by atoms with Crippen LogP contribution in [0.15, 0.2) is 0 Å². The molecule has 2 saturated heterocycles. The van der Waals surface area contributed by atoms with Gasteiger partial charge >= 0.3 is 11.9 Å². The molecule has 0 aromatic carbocycles. The molecule has 0 aliphatic carbocycles.